The Hall–Kier alpha value is -2.30. The van der Waals surface area contributed by atoms with Crippen LogP contribution in [0.2, 0.25) is 0 Å². The Morgan fingerprint density at radius 1 is 1.40 bits per heavy atom. The molecule has 1 aromatic rings. The lowest BCUT2D eigenvalue weighted by Gasteiger charge is -2.21. The summed E-state index contributed by atoms with van der Waals surface area (Å²) in [5.74, 6) is -1.07. The first-order chi connectivity index (χ1) is 9.43. The second-order valence-electron chi connectivity index (χ2n) is 4.71. The van der Waals surface area contributed by atoms with Gasteiger partial charge in [0.05, 0.1) is 0 Å². The molecule has 0 fully saturated rings. The van der Waals surface area contributed by atoms with Crippen LogP contribution in [0.5, 0.6) is 0 Å². The molecular formula is C15H20N2O3. The zero-order valence-electron chi connectivity index (χ0n) is 11.8. The molecule has 20 heavy (non-hydrogen) atoms. The van der Waals surface area contributed by atoms with Crippen LogP contribution in [0.3, 0.4) is 0 Å². The van der Waals surface area contributed by atoms with Crippen molar-refractivity contribution in [2.75, 3.05) is 7.05 Å². The molecule has 1 rings (SSSR count). The van der Waals surface area contributed by atoms with E-state index in [4.69, 9.17) is 5.11 Å². The minimum absolute atomic E-state index is 0.194. The maximum Gasteiger partial charge on any atom is 0.326 e. The summed E-state index contributed by atoms with van der Waals surface area (Å²) in [5.41, 5.74) is 2.14. The highest BCUT2D eigenvalue weighted by Crippen LogP contribution is 2.06. The van der Waals surface area contributed by atoms with E-state index < -0.39 is 18.0 Å². The fourth-order valence-corrected chi connectivity index (χ4v) is 1.69. The van der Waals surface area contributed by atoms with Gasteiger partial charge in [0.2, 0.25) is 0 Å². The topological polar surface area (TPSA) is 69.6 Å². The second kappa shape index (κ2) is 7.33. The molecule has 5 heteroatoms. The maximum atomic E-state index is 11.9. The number of hydrogen-bond donors (Lipinski definition) is 2. The Morgan fingerprint density at radius 2 is 2.00 bits per heavy atom. The number of rotatable bonds is 6. The summed E-state index contributed by atoms with van der Waals surface area (Å²) < 4.78 is 0. The summed E-state index contributed by atoms with van der Waals surface area (Å²) in [6, 6.07) is 6.47. The summed E-state index contributed by atoms with van der Waals surface area (Å²) in [6.07, 6.45) is 1.67. The van der Waals surface area contributed by atoms with Crippen molar-refractivity contribution >= 4 is 12.0 Å². The number of aliphatic carboxylic acids is 1. The van der Waals surface area contributed by atoms with E-state index in [2.05, 4.69) is 11.9 Å². The second-order valence-corrected chi connectivity index (χ2v) is 4.71. The number of hydrogen-bond acceptors (Lipinski definition) is 2. The molecule has 0 aliphatic heterocycles. The fraction of sp³-hybridized carbons (Fsp3) is 0.333. The van der Waals surface area contributed by atoms with Crippen molar-refractivity contribution in [1.82, 2.24) is 10.2 Å². The molecule has 2 amide bonds. The third kappa shape index (κ3) is 4.76. The van der Waals surface area contributed by atoms with Gasteiger partial charge in [-0.15, -0.1) is 6.58 Å². The summed E-state index contributed by atoms with van der Waals surface area (Å²) in [7, 11) is 1.63. The quantitative estimate of drug-likeness (QED) is 0.782. The third-order valence-corrected chi connectivity index (χ3v) is 2.89. The first-order valence-corrected chi connectivity index (χ1v) is 6.35. The van der Waals surface area contributed by atoms with E-state index in [0.717, 1.165) is 11.1 Å². The van der Waals surface area contributed by atoms with Crippen molar-refractivity contribution in [3.63, 3.8) is 0 Å². The van der Waals surface area contributed by atoms with E-state index >= 15 is 0 Å². The number of carboxylic acid groups (broad SMARTS) is 1. The van der Waals surface area contributed by atoms with E-state index in [0.29, 0.717) is 6.54 Å². The van der Waals surface area contributed by atoms with Crippen LogP contribution in [0, 0.1) is 6.92 Å². The van der Waals surface area contributed by atoms with Gasteiger partial charge in [0.15, 0.2) is 0 Å². The van der Waals surface area contributed by atoms with Crippen molar-refractivity contribution in [2.24, 2.45) is 0 Å². The van der Waals surface area contributed by atoms with Crippen molar-refractivity contribution in [2.45, 2.75) is 25.9 Å². The van der Waals surface area contributed by atoms with E-state index in [1.165, 1.54) is 11.0 Å². The lowest BCUT2D eigenvalue weighted by atomic mass is 10.1. The van der Waals surface area contributed by atoms with Crippen LogP contribution in [0.15, 0.2) is 36.9 Å². The lowest BCUT2D eigenvalue weighted by Crippen LogP contribution is -2.46. The average molecular weight is 276 g/mol. The molecule has 1 aromatic carbocycles. The zero-order valence-corrected chi connectivity index (χ0v) is 11.8. The maximum absolute atomic E-state index is 11.9. The molecular weight excluding hydrogens is 256 g/mol. The predicted octanol–water partition coefficient (Wildman–Crippen LogP) is 2.17. The molecule has 0 saturated heterocycles. The van der Waals surface area contributed by atoms with Crippen LogP contribution in [0.1, 0.15) is 17.5 Å². The minimum atomic E-state index is -1.07. The summed E-state index contributed by atoms with van der Waals surface area (Å²) >= 11 is 0. The van der Waals surface area contributed by atoms with Crippen LogP contribution >= 0.6 is 0 Å². The molecule has 0 aromatic heterocycles. The molecule has 0 aliphatic rings. The Bertz CT molecular complexity index is 482. The third-order valence-electron chi connectivity index (χ3n) is 2.89. The Labute approximate surface area is 118 Å². The van der Waals surface area contributed by atoms with E-state index in [1.807, 2.05) is 31.2 Å². The molecule has 0 aliphatic carbocycles. The van der Waals surface area contributed by atoms with Gasteiger partial charge in [0, 0.05) is 13.6 Å². The lowest BCUT2D eigenvalue weighted by molar-refractivity contribution is -0.139. The monoisotopic (exact) mass is 276 g/mol. The first kappa shape index (κ1) is 15.8. The van der Waals surface area contributed by atoms with E-state index in [-0.39, 0.29) is 6.42 Å². The van der Waals surface area contributed by atoms with Crippen molar-refractivity contribution in [1.29, 1.82) is 0 Å². The zero-order chi connectivity index (χ0) is 15.1. The van der Waals surface area contributed by atoms with Gasteiger partial charge in [-0.25, -0.2) is 9.59 Å². The molecule has 0 bridgehead atoms. The number of carbonyl (C=O) groups excluding carboxylic acids is 1. The highest BCUT2D eigenvalue weighted by atomic mass is 16.4. The van der Waals surface area contributed by atoms with Crippen LogP contribution < -0.4 is 5.32 Å². The predicted molar refractivity (Wildman–Crippen MR) is 77.4 cm³/mol. The molecule has 108 valence electrons. The van der Waals surface area contributed by atoms with Crippen LogP contribution in [-0.4, -0.2) is 35.1 Å². The summed E-state index contributed by atoms with van der Waals surface area (Å²) in [4.78, 5) is 24.3. The number of nitrogens with one attached hydrogen (secondary N) is 1. The molecule has 0 radical (unpaired) electrons. The Balaban J connectivity index is 2.59. The van der Waals surface area contributed by atoms with Gasteiger partial charge in [-0.05, 0) is 18.9 Å². The number of urea groups is 1. The van der Waals surface area contributed by atoms with Crippen molar-refractivity contribution in [3.05, 3.63) is 48.0 Å². The van der Waals surface area contributed by atoms with Gasteiger partial charge in [0.25, 0.3) is 0 Å². The number of nitrogens with zero attached hydrogens (tertiary/aromatic N) is 1. The highest BCUT2D eigenvalue weighted by Gasteiger charge is 2.20. The largest absolute Gasteiger partial charge is 0.480 e. The number of carbonyl (C=O) groups is 2. The SMILES string of the molecule is C=CCC(NC(=O)N(C)Cc1ccc(C)cc1)C(=O)O. The van der Waals surface area contributed by atoms with Gasteiger partial charge in [-0.2, -0.15) is 0 Å². The normalized spacial score (nSPS) is 11.5. The summed E-state index contributed by atoms with van der Waals surface area (Å²) in [5, 5.41) is 11.4. The standard InChI is InChI=1S/C15H20N2O3/c1-4-5-13(14(18)19)16-15(20)17(3)10-12-8-6-11(2)7-9-12/h4,6-9,13H,1,5,10H2,2-3H3,(H,16,20)(H,18,19). The Morgan fingerprint density at radius 3 is 2.50 bits per heavy atom. The van der Waals surface area contributed by atoms with Crippen LogP contribution in [-0.2, 0) is 11.3 Å². The van der Waals surface area contributed by atoms with Gasteiger partial charge in [-0.1, -0.05) is 35.9 Å². The highest BCUT2D eigenvalue weighted by molar-refractivity contribution is 5.82. The number of benzene rings is 1. The number of aryl methyl sites for hydroxylation is 1. The molecule has 2 N–H and O–H groups in total. The minimum Gasteiger partial charge on any atom is -0.480 e. The van der Waals surface area contributed by atoms with E-state index in [1.54, 1.807) is 7.05 Å². The smallest absolute Gasteiger partial charge is 0.326 e. The van der Waals surface area contributed by atoms with Crippen molar-refractivity contribution < 1.29 is 14.7 Å². The average Bonchev–Trinajstić information content (AvgIpc) is 2.40. The molecule has 0 spiro atoms. The molecule has 0 saturated carbocycles. The molecule has 5 nitrogen and oxygen atoms in total. The number of carboxylic acids is 1. The molecule has 1 atom stereocenters. The Kier molecular flexibility index (Phi) is 5.77. The molecule has 0 heterocycles. The van der Waals surface area contributed by atoms with Crippen LogP contribution in [0.4, 0.5) is 4.79 Å². The van der Waals surface area contributed by atoms with Crippen LogP contribution in [0.25, 0.3) is 0 Å². The summed E-state index contributed by atoms with van der Waals surface area (Å²) in [6.45, 7) is 5.90. The van der Waals surface area contributed by atoms with Gasteiger partial charge < -0.3 is 15.3 Å². The number of amides is 2. The van der Waals surface area contributed by atoms with E-state index in [9.17, 15) is 9.59 Å². The van der Waals surface area contributed by atoms with Gasteiger partial charge >= 0.3 is 12.0 Å². The first-order valence-electron chi connectivity index (χ1n) is 6.35. The van der Waals surface area contributed by atoms with Crippen molar-refractivity contribution in [3.8, 4) is 0 Å². The van der Waals surface area contributed by atoms with Gasteiger partial charge in [-0.3, -0.25) is 0 Å². The molecule has 1 unspecified atom stereocenters. The fourth-order valence-electron chi connectivity index (χ4n) is 1.69. The van der Waals surface area contributed by atoms with Gasteiger partial charge in [0.1, 0.15) is 6.04 Å².